The maximum absolute atomic E-state index is 14.5. The number of aryl methyl sites for hydroxylation is 2. The van der Waals surface area contributed by atoms with E-state index in [9.17, 15) is 18.4 Å². The fourth-order valence-electron chi connectivity index (χ4n) is 12.4. The third-order valence-corrected chi connectivity index (χ3v) is 17.0. The highest BCUT2D eigenvalue weighted by molar-refractivity contribution is 7.59. The third kappa shape index (κ3) is 17.6. The third-order valence-electron chi connectivity index (χ3n) is 16.8. The largest absolute Gasteiger partial charge is 0.462 e. The lowest BCUT2D eigenvalue weighted by Crippen LogP contribution is -2.56. The monoisotopic (exact) mass is 1270 g/mol. The summed E-state index contributed by atoms with van der Waals surface area (Å²) >= 11 is 4.71. The number of anilines is 4. The van der Waals surface area contributed by atoms with Gasteiger partial charge in [0.25, 0.3) is 0 Å². The molecule has 1 amide bonds. The SMILES string of the molecule is C=CC(=O)Cl.S.S.S.S.[C-]#[N+]C[C@@H]1CCCN(c2nc(OC[C@@H]3CCCN3C)nc3c2CCN(c2c(C)ccc(F)c2C)C3)C1.[C-]#[N+]C[C@H]1CN(c2nc(OC[C@@H]3CCCN3C)nc3c2CCN(c2c(C)ccc(F)c2C)C3)CCN1C(=O)C=C. The first-order valence-corrected chi connectivity index (χ1v) is 28.8. The van der Waals surface area contributed by atoms with Gasteiger partial charge in [-0.2, -0.15) is 73.9 Å². The van der Waals surface area contributed by atoms with Crippen molar-refractivity contribution in [3.63, 3.8) is 0 Å². The van der Waals surface area contributed by atoms with Gasteiger partial charge in [-0.25, -0.2) is 21.9 Å². The van der Waals surface area contributed by atoms with E-state index in [0.29, 0.717) is 107 Å². The highest BCUT2D eigenvalue weighted by Gasteiger charge is 2.36. The Kier molecular flexibility index (Phi) is 28.4. The van der Waals surface area contributed by atoms with Gasteiger partial charge in [0.1, 0.15) is 42.5 Å². The number of hydrogen-bond donors (Lipinski definition) is 0. The van der Waals surface area contributed by atoms with Gasteiger partial charge in [0.15, 0.2) is 0 Å². The van der Waals surface area contributed by atoms with E-state index in [1.54, 1.807) is 11.0 Å². The summed E-state index contributed by atoms with van der Waals surface area (Å²) < 4.78 is 41.4. The summed E-state index contributed by atoms with van der Waals surface area (Å²) in [6, 6.07) is 8.00. The zero-order chi connectivity index (χ0) is 57.9. The lowest BCUT2D eigenvalue weighted by Gasteiger charge is -2.41. The standard InChI is InChI=1S/C30H38FN7O2.C28H37FN6O.C3H3ClO.4H2S/c1-6-27(39)38-15-14-37(17-23(38)16-32-4)29-24-11-13-36(28-20(2)9-10-25(31)21(28)3)18-26(24)33-30(34-29)40-19-22-8-7-12-35(22)5;1-19-9-10-24(29)20(2)26(19)34-14-11-23-25(17-34)31-28(36-18-22-8-6-12-33(22)4)32-27(23)35-13-5-7-21(16-35)15-30-3;1-2-3(4)5;;;;/h6,9-10,22-23H,1,7-8,11-19H2,2-3,5H3;9-10,21-22H,5-8,11-18H2,1-2,4H3;2H,1H2;4*1H2/t22-,23-;21-,22-;;;;;/m00...../s1. The number of nitrogens with zero attached hydrogens (tertiary/aromatic N) is 13. The minimum absolute atomic E-state index is 0. The number of piperidine rings is 1. The van der Waals surface area contributed by atoms with Gasteiger partial charge in [0.05, 0.1) is 24.5 Å². The van der Waals surface area contributed by atoms with Crippen molar-refractivity contribution in [3.05, 3.63) is 129 Å². The lowest BCUT2D eigenvalue weighted by molar-refractivity contribution is -0.128. The van der Waals surface area contributed by atoms with E-state index >= 15 is 0 Å². The molecule has 85 heavy (non-hydrogen) atoms. The van der Waals surface area contributed by atoms with Gasteiger partial charge in [-0.15, -0.1) is 0 Å². The molecule has 4 aromatic rings. The number of rotatable bonds is 14. The molecule has 0 bridgehead atoms. The molecular formula is C61H86ClF2N13O4S4. The molecule has 0 aliphatic carbocycles. The molecule has 2 aromatic heterocycles. The summed E-state index contributed by atoms with van der Waals surface area (Å²) in [5, 5.41) is -0.509. The molecule has 10 rings (SSSR count). The molecule has 6 aliphatic heterocycles. The topological polar surface area (TPSA) is 136 Å². The van der Waals surface area contributed by atoms with E-state index in [1.807, 2.05) is 39.8 Å². The van der Waals surface area contributed by atoms with Crippen LogP contribution in [0.25, 0.3) is 9.69 Å². The second-order valence-corrected chi connectivity index (χ2v) is 22.6. The van der Waals surface area contributed by atoms with Crippen molar-refractivity contribution in [1.82, 2.24) is 34.6 Å². The van der Waals surface area contributed by atoms with Crippen LogP contribution in [0.5, 0.6) is 12.0 Å². The van der Waals surface area contributed by atoms with Crippen molar-refractivity contribution < 1.29 is 27.8 Å². The van der Waals surface area contributed by atoms with Crippen LogP contribution in [-0.4, -0.2) is 163 Å². The predicted octanol–water partition coefficient (Wildman–Crippen LogP) is 9.18. The Labute approximate surface area is 535 Å². The number of carbonyl (C=O) groups excluding carboxylic acids is 2. The van der Waals surface area contributed by atoms with Crippen LogP contribution in [0.3, 0.4) is 0 Å². The number of aromatic nitrogens is 4. The second kappa shape index (κ2) is 33.6. The fourth-order valence-corrected chi connectivity index (χ4v) is 12.4. The average molecular weight is 1270 g/mol. The number of piperazine rings is 1. The molecule has 8 heterocycles. The first-order valence-electron chi connectivity index (χ1n) is 28.4. The number of fused-ring (bicyclic) bond motifs is 2. The number of hydrogen-bond acceptors (Lipinski definition) is 14. The quantitative estimate of drug-likeness (QED) is 0.0675. The van der Waals surface area contributed by atoms with E-state index in [4.69, 9.17) is 54.2 Å². The minimum Gasteiger partial charge on any atom is -0.462 e. The Balaban J connectivity index is 0.000000325. The van der Waals surface area contributed by atoms with Crippen LogP contribution in [0, 0.1) is 58.4 Å². The number of likely N-dealkylation sites (N-methyl/N-ethyl adjacent to an activating group) is 2. The van der Waals surface area contributed by atoms with Gasteiger partial charge in [0.2, 0.25) is 24.2 Å². The van der Waals surface area contributed by atoms with E-state index < -0.39 is 5.24 Å². The van der Waals surface area contributed by atoms with E-state index in [2.05, 4.69) is 66.3 Å². The van der Waals surface area contributed by atoms with Crippen LogP contribution in [-0.2, 0) is 35.5 Å². The molecule has 17 nitrogen and oxygen atoms in total. The first kappa shape index (κ1) is 71.9. The molecule has 0 spiro atoms. The number of ether oxygens (including phenoxy) is 2. The maximum Gasteiger partial charge on any atom is 0.318 e. The van der Waals surface area contributed by atoms with Crippen LogP contribution < -0.4 is 29.1 Å². The summed E-state index contributed by atoms with van der Waals surface area (Å²) in [6.07, 6.45) is 10.6. The van der Waals surface area contributed by atoms with Gasteiger partial charge in [0, 0.05) is 97.4 Å². The van der Waals surface area contributed by atoms with Gasteiger partial charge >= 0.3 is 12.0 Å². The average Bonchev–Trinajstić information content (AvgIpc) is 1.99. The molecule has 6 aliphatic rings. The summed E-state index contributed by atoms with van der Waals surface area (Å²) in [5.41, 5.74) is 9.38. The molecular weight excluding hydrogens is 1180 g/mol. The van der Waals surface area contributed by atoms with E-state index in [-0.39, 0.29) is 84.1 Å². The molecule has 0 saturated carbocycles. The van der Waals surface area contributed by atoms with Crippen LogP contribution >= 0.6 is 65.6 Å². The molecule has 24 heteroatoms. The van der Waals surface area contributed by atoms with Crippen molar-refractivity contribution in [2.75, 3.05) is 119 Å². The van der Waals surface area contributed by atoms with Crippen molar-refractivity contribution in [3.8, 4) is 12.0 Å². The number of halogens is 3. The molecule has 2 aromatic carbocycles. The lowest BCUT2D eigenvalue weighted by atomic mass is 9.96. The minimum atomic E-state index is -0.509. The number of benzene rings is 2. The number of carbonyl (C=O) groups is 2. The van der Waals surface area contributed by atoms with Crippen molar-refractivity contribution in [2.24, 2.45) is 5.92 Å². The molecule has 464 valence electrons. The number of amides is 1. The Hall–Kier alpha value is -5.53. The van der Waals surface area contributed by atoms with Gasteiger partial charge in [-0.1, -0.05) is 25.3 Å². The smallest absolute Gasteiger partial charge is 0.318 e. The van der Waals surface area contributed by atoms with Gasteiger partial charge in [-0.3, -0.25) is 9.59 Å². The van der Waals surface area contributed by atoms with Crippen molar-refractivity contribution in [2.45, 2.75) is 110 Å². The summed E-state index contributed by atoms with van der Waals surface area (Å²) in [4.78, 5) is 64.2. The summed E-state index contributed by atoms with van der Waals surface area (Å²) in [7, 11) is 4.26. The normalized spacial score (nSPS) is 19.9. The Bertz CT molecular complexity index is 3050. The highest BCUT2D eigenvalue weighted by atomic mass is 35.5. The number of allylic oxidation sites excluding steroid dienone is 1. The molecule has 4 fully saturated rings. The fraction of sp³-hybridized carbons (Fsp3) is 0.541. The van der Waals surface area contributed by atoms with Gasteiger partial charge in [-0.05, 0) is 153 Å². The van der Waals surface area contributed by atoms with E-state index in [1.165, 1.54) is 24.1 Å². The first-order chi connectivity index (χ1) is 39.0. The molecule has 0 radical (unpaired) electrons. The highest BCUT2D eigenvalue weighted by Crippen LogP contribution is 2.38. The van der Waals surface area contributed by atoms with Crippen LogP contribution in [0.2, 0.25) is 0 Å². The van der Waals surface area contributed by atoms with Crippen LogP contribution in [0.15, 0.2) is 49.6 Å². The van der Waals surface area contributed by atoms with E-state index in [0.717, 1.165) is 128 Å². The zero-order valence-corrected chi connectivity index (χ0v) is 54.8. The molecule has 4 saturated heterocycles. The van der Waals surface area contributed by atoms with Gasteiger partial charge < -0.3 is 53.5 Å². The Morgan fingerprint density at radius 3 is 1.51 bits per heavy atom. The summed E-state index contributed by atoms with van der Waals surface area (Å²) in [6.45, 7) is 39.3. The van der Waals surface area contributed by atoms with Crippen LogP contribution in [0.4, 0.5) is 31.8 Å². The maximum atomic E-state index is 14.5. The summed E-state index contributed by atoms with van der Waals surface area (Å²) in [5.74, 6) is 1.62. The van der Waals surface area contributed by atoms with Crippen LogP contribution in [0.1, 0.15) is 83.3 Å². The zero-order valence-electron chi connectivity index (χ0n) is 50.0. The Morgan fingerprint density at radius 2 is 1.08 bits per heavy atom. The van der Waals surface area contributed by atoms with Crippen molar-refractivity contribution >= 4 is 99.7 Å². The predicted molar refractivity (Wildman–Crippen MR) is 356 cm³/mol. The molecule has 0 N–H and O–H groups in total. The molecule has 4 atom stereocenters. The molecule has 0 unspecified atom stereocenters. The Morgan fingerprint density at radius 1 is 0.624 bits per heavy atom. The van der Waals surface area contributed by atoms with Crippen molar-refractivity contribution in [1.29, 1.82) is 0 Å². The second-order valence-electron chi connectivity index (χ2n) is 22.2. The number of likely N-dealkylation sites (tertiary alicyclic amines) is 2.